The molecule has 0 radical (unpaired) electrons. The molecular formula is C51H84O23. The van der Waals surface area contributed by atoms with Gasteiger partial charge in [0, 0.05) is 12.3 Å². The summed E-state index contributed by atoms with van der Waals surface area (Å²) in [5.41, 5.74) is 0.989. The molecule has 0 spiro atoms. The van der Waals surface area contributed by atoms with E-state index in [1.807, 2.05) is 6.92 Å². The van der Waals surface area contributed by atoms with Gasteiger partial charge in [-0.3, -0.25) is 0 Å². The lowest BCUT2D eigenvalue weighted by molar-refractivity contribution is -0.394. The molecule has 31 atom stereocenters. The monoisotopic (exact) mass is 1060 g/mol. The van der Waals surface area contributed by atoms with Gasteiger partial charge in [-0.15, -0.1) is 0 Å². The molecule has 426 valence electrons. The van der Waals surface area contributed by atoms with Crippen LogP contribution in [-0.2, 0) is 42.6 Å². The van der Waals surface area contributed by atoms with Gasteiger partial charge in [0.25, 0.3) is 0 Å². The standard InChI is InChI=1S/C51H84O23/c1-20(19-66-45-40(62)38(60)34(56)29(16-52)69-45)8-13-51(65)21(2)32-28(74-51)15-27-25-7-6-23-14-24(9-11-49(23,4)26(25)10-12-50(27,32)5)68-48-44(73-46-41(63)37(59)33(55)22(3)67-46)43(36(58)31(18-54)71-48)72-47-42(64)39(61)35(57)30(17-53)70-47/h6,20-22,24-48,52-65H,7-19H2,1-5H3/t20-,21+,22+,24+,25+,26+,27-,28+,29-,30-,31-,32+,33+,34-,35-,36-,37-,38+,39+,40-,41-,42-,43+,44-,45-,46+,47+,48-,49+,50+,51+/m1/s1. The first-order valence-electron chi connectivity index (χ1n) is 26.9. The van der Waals surface area contributed by atoms with E-state index in [0.29, 0.717) is 43.4 Å². The molecule has 0 unspecified atom stereocenters. The number of ether oxygens (including phenoxy) is 9. The second-order valence-corrected chi connectivity index (χ2v) is 23.8. The molecule has 5 heterocycles. The summed E-state index contributed by atoms with van der Waals surface area (Å²) < 4.78 is 54.7. The Labute approximate surface area is 430 Å². The van der Waals surface area contributed by atoms with Crippen LogP contribution in [0.3, 0.4) is 0 Å². The molecular weight excluding hydrogens is 981 g/mol. The lowest BCUT2D eigenvalue weighted by Gasteiger charge is -2.58. The number of allylic oxidation sites excluding steroid dienone is 1. The topological polar surface area (TPSA) is 366 Å². The molecule has 3 saturated carbocycles. The fourth-order valence-corrected chi connectivity index (χ4v) is 15.0. The number of hydrogen-bond acceptors (Lipinski definition) is 23. The summed E-state index contributed by atoms with van der Waals surface area (Å²) in [5, 5.41) is 149. The maximum absolute atomic E-state index is 12.1. The van der Waals surface area contributed by atoms with Crippen molar-refractivity contribution in [2.24, 2.45) is 46.3 Å². The first kappa shape index (κ1) is 57.5. The van der Waals surface area contributed by atoms with Gasteiger partial charge in [-0.05, 0) is 98.7 Å². The minimum Gasteiger partial charge on any atom is -0.394 e. The van der Waals surface area contributed by atoms with E-state index in [1.54, 1.807) is 0 Å². The maximum atomic E-state index is 12.1. The van der Waals surface area contributed by atoms with Crippen LogP contribution in [0.2, 0.25) is 0 Å². The van der Waals surface area contributed by atoms with Crippen LogP contribution in [0.15, 0.2) is 11.6 Å². The molecule has 23 heteroatoms. The number of aliphatic hydroxyl groups excluding tert-OH is 13. The molecule has 74 heavy (non-hydrogen) atoms. The molecule has 9 aliphatic rings. The van der Waals surface area contributed by atoms with E-state index in [0.717, 1.165) is 32.1 Å². The van der Waals surface area contributed by atoms with E-state index >= 15 is 0 Å². The molecule has 0 aromatic rings. The lowest BCUT2D eigenvalue weighted by Crippen LogP contribution is -2.67. The lowest BCUT2D eigenvalue weighted by atomic mass is 9.47. The molecule has 4 aliphatic carbocycles. The van der Waals surface area contributed by atoms with Crippen molar-refractivity contribution < 1.29 is 114 Å². The van der Waals surface area contributed by atoms with Crippen molar-refractivity contribution in [1.82, 2.24) is 0 Å². The fraction of sp³-hybridized carbons (Fsp3) is 0.961. The number of fused-ring (bicyclic) bond motifs is 7. The van der Waals surface area contributed by atoms with E-state index in [2.05, 4.69) is 26.8 Å². The van der Waals surface area contributed by atoms with Crippen LogP contribution in [0.5, 0.6) is 0 Å². The van der Waals surface area contributed by atoms with Crippen LogP contribution in [-0.4, -0.2) is 239 Å². The molecule has 0 amide bonds. The second kappa shape index (κ2) is 22.4. The Balaban J connectivity index is 0.864. The van der Waals surface area contributed by atoms with Crippen molar-refractivity contribution in [1.29, 1.82) is 0 Å². The minimum absolute atomic E-state index is 0.0769. The third-order valence-corrected chi connectivity index (χ3v) is 19.5. The largest absolute Gasteiger partial charge is 0.394 e. The van der Waals surface area contributed by atoms with Gasteiger partial charge >= 0.3 is 0 Å². The molecule has 5 saturated heterocycles. The number of rotatable bonds is 15. The average molecular weight is 1070 g/mol. The van der Waals surface area contributed by atoms with Crippen molar-refractivity contribution in [3.8, 4) is 0 Å². The molecule has 23 nitrogen and oxygen atoms in total. The Kier molecular flexibility index (Phi) is 17.4. The summed E-state index contributed by atoms with van der Waals surface area (Å²) in [6, 6.07) is 0. The van der Waals surface area contributed by atoms with Crippen LogP contribution in [0.4, 0.5) is 0 Å². The predicted molar refractivity (Wildman–Crippen MR) is 250 cm³/mol. The average Bonchev–Trinajstić information content (AvgIpc) is 3.82. The molecule has 0 aromatic carbocycles. The first-order valence-corrected chi connectivity index (χ1v) is 26.9. The highest BCUT2D eigenvalue weighted by Crippen LogP contribution is 2.70. The van der Waals surface area contributed by atoms with Gasteiger partial charge < -0.3 is 114 Å². The van der Waals surface area contributed by atoms with Gasteiger partial charge in [-0.1, -0.05) is 39.3 Å². The van der Waals surface area contributed by atoms with E-state index < -0.39 is 155 Å². The van der Waals surface area contributed by atoms with Gasteiger partial charge in [0.1, 0.15) is 91.6 Å². The van der Waals surface area contributed by atoms with Gasteiger partial charge in [-0.2, -0.15) is 0 Å². The van der Waals surface area contributed by atoms with E-state index in [1.165, 1.54) is 12.5 Å². The van der Waals surface area contributed by atoms with E-state index in [9.17, 15) is 71.5 Å². The minimum atomic E-state index is -1.88. The van der Waals surface area contributed by atoms with Gasteiger partial charge in [-0.25, -0.2) is 0 Å². The SMILES string of the molecule is C[C@H](CC[C@]1(O)O[C@H]2C[C@@H]3[C@H]4CC=C5C[C@@H](O[C@@H]6O[C@H](CO)[C@@H](O)[C@H](O[C@@H]7O[C@H](CO)[C@@H](O)[C@H](O)[C@H]7O)[C@H]6O[C@@H]6O[C@@H](C)[C@H](O)[C@@H](O)[C@H]6O)CC[C@]5(C)[C@H]4CC[C@]3(C)[C@H]2[C@@H]1C)CO[C@@H]1O[C@H](CO)[C@@H](O)[C@H](O)[C@H]1O. The van der Waals surface area contributed by atoms with Crippen molar-refractivity contribution in [3.63, 3.8) is 0 Å². The highest BCUT2D eigenvalue weighted by molar-refractivity contribution is 5.26. The Bertz CT molecular complexity index is 1920. The summed E-state index contributed by atoms with van der Waals surface area (Å²) in [7, 11) is 0. The summed E-state index contributed by atoms with van der Waals surface area (Å²) in [6.07, 6.45) is -22.5. The van der Waals surface area contributed by atoms with Gasteiger partial charge in [0.05, 0.1) is 44.7 Å². The fourth-order valence-electron chi connectivity index (χ4n) is 15.0. The third-order valence-electron chi connectivity index (χ3n) is 19.5. The predicted octanol–water partition coefficient (Wildman–Crippen LogP) is -3.01. The zero-order valence-corrected chi connectivity index (χ0v) is 42.9. The third kappa shape index (κ3) is 10.2. The van der Waals surface area contributed by atoms with Crippen LogP contribution in [0.25, 0.3) is 0 Å². The summed E-state index contributed by atoms with van der Waals surface area (Å²) >= 11 is 0. The highest BCUT2D eigenvalue weighted by Gasteiger charge is 2.68. The molecule has 9 rings (SSSR count). The van der Waals surface area contributed by atoms with Gasteiger partial charge in [0.15, 0.2) is 30.9 Å². The summed E-state index contributed by atoms with van der Waals surface area (Å²) in [4.78, 5) is 0. The first-order chi connectivity index (χ1) is 35.0. The normalized spacial score (nSPS) is 54.9. The smallest absolute Gasteiger partial charge is 0.187 e. The van der Waals surface area contributed by atoms with Crippen LogP contribution < -0.4 is 0 Å². The quantitative estimate of drug-likeness (QED) is 0.0727. The van der Waals surface area contributed by atoms with Crippen molar-refractivity contribution in [2.45, 2.75) is 233 Å². The maximum Gasteiger partial charge on any atom is 0.187 e. The van der Waals surface area contributed by atoms with Crippen molar-refractivity contribution in [3.05, 3.63) is 11.6 Å². The molecule has 5 aliphatic heterocycles. The Morgan fingerprint density at radius 1 is 0.635 bits per heavy atom. The van der Waals surface area contributed by atoms with E-state index in [4.69, 9.17) is 42.6 Å². The van der Waals surface area contributed by atoms with Crippen molar-refractivity contribution >= 4 is 0 Å². The van der Waals surface area contributed by atoms with E-state index in [-0.39, 0.29) is 41.3 Å². The van der Waals surface area contributed by atoms with Crippen LogP contribution in [0, 0.1) is 46.3 Å². The zero-order valence-electron chi connectivity index (χ0n) is 42.9. The molecule has 0 bridgehead atoms. The Hall–Kier alpha value is -1.18. The van der Waals surface area contributed by atoms with Gasteiger partial charge in [0.2, 0.25) is 0 Å². The Morgan fingerprint density at radius 3 is 1.85 bits per heavy atom. The molecule has 14 N–H and O–H groups in total. The summed E-state index contributed by atoms with van der Waals surface area (Å²) in [5.74, 6) is -0.351. The summed E-state index contributed by atoms with van der Waals surface area (Å²) in [6.45, 7) is 8.33. The molecule has 8 fully saturated rings. The second-order valence-electron chi connectivity index (χ2n) is 23.8. The Morgan fingerprint density at radius 2 is 1.20 bits per heavy atom. The number of aliphatic hydroxyl groups is 14. The molecule has 0 aromatic heterocycles. The highest BCUT2D eigenvalue weighted by atomic mass is 16.8. The van der Waals surface area contributed by atoms with Crippen molar-refractivity contribution in [2.75, 3.05) is 26.4 Å². The zero-order chi connectivity index (χ0) is 53.5. The number of hydrogen-bond donors (Lipinski definition) is 14. The van der Waals surface area contributed by atoms with Crippen LogP contribution in [0.1, 0.15) is 92.4 Å². The van der Waals surface area contributed by atoms with Crippen LogP contribution >= 0.6 is 0 Å².